The topological polar surface area (TPSA) is 90.7 Å². The first-order valence-corrected chi connectivity index (χ1v) is 8.13. The molecule has 0 spiro atoms. The molecule has 0 amide bonds. The van der Waals surface area contributed by atoms with Gasteiger partial charge in [-0.1, -0.05) is 0 Å². The van der Waals surface area contributed by atoms with Crippen molar-refractivity contribution >= 4 is 15.7 Å². The van der Waals surface area contributed by atoms with Gasteiger partial charge >= 0.3 is 0 Å². The monoisotopic (exact) mass is 318 g/mol. The molecular weight excluding hydrogens is 299 g/mol. The lowest BCUT2D eigenvalue weighted by Crippen LogP contribution is -2.28. The van der Waals surface area contributed by atoms with Crippen molar-refractivity contribution in [1.29, 1.82) is 0 Å². The van der Waals surface area contributed by atoms with Crippen LogP contribution >= 0.6 is 0 Å². The highest BCUT2D eigenvalue weighted by atomic mass is 32.2. The minimum Gasteiger partial charge on any atom is -0.492 e. The van der Waals surface area contributed by atoms with Crippen LogP contribution in [0.3, 0.4) is 0 Å². The normalized spacial score (nSPS) is 15.1. The van der Waals surface area contributed by atoms with Gasteiger partial charge in [0.15, 0.2) is 11.6 Å². The minimum atomic E-state index is -3.82. The third-order valence-electron chi connectivity index (χ3n) is 3.15. The van der Waals surface area contributed by atoms with Crippen LogP contribution in [0.1, 0.15) is 12.8 Å². The molecule has 2 rings (SSSR count). The average Bonchev–Trinajstić information content (AvgIpc) is 3.22. The summed E-state index contributed by atoms with van der Waals surface area (Å²) < 4.78 is 50.1. The predicted octanol–water partition coefficient (Wildman–Crippen LogP) is 1.12. The summed E-state index contributed by atoms with van der Waals surface area (Å²) in [6.45, 7) is 1.07. The van der Waals surface area contributed by atoms with Crippen LogP contribution in [0.5, 0.6) is 5.75 Å². The van der Waals surface area contributed by atoms with Crippen molar-refractivity contribution in [3.8, 4) is 5.75 Å². The Morgan fingerprint density at radius 1 is 1.43 bits per heavy atom. The number of hydrogen-bond acceptors (Lipinski definition) is 5. The molecule has 1 aromatic carbocycles. The molecule has 0 radical (unpaired) electrons. The number of nitrogens with two attached hydrogens (primary N) is 1. The van der Waals surface area contributed by atoms with Crippen molar-refractivity contribution in [3.63, 3.8) is 0 Å². The Hall–Kier alpha value is -1.38. The van der Waals surface area contributed by atoms with Gasteiger partial charge in [-0.05, 0) is 30.9 Å². The second kappa shape index (κ2) is 6.59. The smallest absolute Gasteiger partial charge is 0.240 e. The summed E-state index contributed by atoms with van der Waals surface area (Å²) in [4.78, 5) is -0.236. The van der Waals surface area contributed by atoms with Gasteiger partial charge in [-0.2, -0.15) is 0 Å². The molecule has 1 aromatic rings. The number of rotatable bonds is 8. The largest absolute Gasteiger partial charge is 0.492 e. The standard InChI is InChI=1S/C13H19FN2O4S/c1-19-13-11(14)6-10(7-12(13)15)21(17,18)16-4-5-20-8-9-2-3-9/h6-7,9,16H,2-5,8,15H2,1H3. The van der Waals surface area contributed by atoms with Crippen molar-refractivity contribution in [2.75, 3.05) is 32.6 Å². The number of nitrogens with one attached hydrogen (secondary N) is 1. The second-order valence-electron chi connectivity index (χ2n) is 4.94. The number of anilines is 1. The van der Waals surface area contributed by atoms with Gasteiger partial charge in [-0.25, -0.2) is 17.5 Å². The predicted molar refractivity (Wildman–Crippen MR) is 76.1 cm³/mol. The fourth-order valence-electron chi connectivity index (χ4n) is 1.83. The zero-order valence-electron chi connectivity index (χ0n) is 11.8. The van der Waals surface area contributed by atoms with Crippen molar-refractivity contribution in [2.24, 2.45) is 5.92 Å². The molecule has 1 fully saturated rings. The average molecular weight is 318 g/mol. The highest BCUT2D eigenvalue weighted by Crippen LogP contribution is 2.29. The lowest BCUT2D eigenvalue weighted by atomic mass is 10.3. The minimum absolute atomic E-state index is 0.0668. The molecule has 0 aromatic heterocycles. The van der Waals surface area contributed by atoms with E-state index in [2.05, 4.69) is 4.72 Å². The lowest BCUT2D eigenvalue weighted by molar-refractivity contribution is 0.129. The zero-order valence-corrected chi connectivity index (χ0v) is 12.6. The first-order chi connectivity index (χ1) is 9.94. The van der Waals surface area contributed by atoms with Gasteiger partial charge < -0.3 is 15.2 Å². The van der Waals surface area contributed by atoms with Gasteiger partial charge in [-0.15, -0.1) is 0 Å². The van der Waals surface area contributed by atoms with Crippen LogP contribution in [0.2, 0.25) is 0 Å². The Kier molecular flexibility index (Phi) is 5.02. The van der Waals surface area contributed by atoms with E-state index >= 15 is 0 Å². The molecule has 0 aliphatic heterocycles. The number of nitrogen functional groups attached to an aromatic ring is 1. The van der Waals surface area contributed by atoms with Crippen LogP contribution in [-0.2, 0) is 14.8 Å². The summed E-state index contributed by atoms with van der Waals surface area (Å²) in [6, 6.07) is 2.04. The van der Waals surface area contributed by atoms with Gasteiger partial charge in [0.2, 0.25) is 10.0 Å². The van der Waals surface area contributed by atoms with Crippen LogP contribution in [0, 0.1) is 11.7 Å². The van der Waals surface area contributed by atoms with E-state index in [1.165, 1.54) is 20.0 Å². The Labute approximate surface area is 123 Å². The summed E-state index contributed by atoms with van der Waals surface area (Å²) in [5.41, 5.74) is 5.50. The summed E-state index contributed by atoms with van der Waals surface area (Å²) in [5, 5.41) is 0. The van der Waals surface area contributed by atoms with Crippen LogP contribution in [0.15, 0.2) is 17.0 Å². The zero-order chi connectivity index (χ0) is 15.5. The number of benzene rings is 1. The van der Waals surface area contributed by atoms with Crippen molar-refractivity contribution in [2.45, 2.75) is 17.7 Å². The maximum atomic E-state index is 13.7. The van der Waals surface area contributed by atoms with Crippen LogP contribution in [0.4, 0.5) is 10.1 Å². The van der Waals surface area contributed by atoms with E-state index in [1.54, 1.807) is 0 Å². The van der Waals surface area contributed by atoms with Gasteiger partial charge in [0.05, 0.1) is 24.3 Å². The maximum absolute atomic E-state index is 13.7. The fourth-order valence-corrected chi connectivity index (χ4v) is 2.88. The first-order valence-electron chi connectivity index (χ1n) is 6.64. The van der Waals surface area contributed by atoms with E-state index in [1.807, 2.05) is 0 Å². The lowest BCUT2D eigenvalue weighted by Gasteiger charge is -2.10. The van der Waals surface area contributed by atoms with Crippen LogP contribution in [0.25, 0.3) is 0 Å². The number of ether oxygens (including phenoxy) is 2. The van der Waals surface area contributed by atoms with Crippen molar-refractivity contribution in [3.05, 3.63) is 17.9 Å². The molecule has 1 saturated carbocycles. The molecule has 8 heteroatoms. The van der Waals surface area contributed by atoms with Crippen LogP contribution < -0.4 is 15.2 Å². The Balaban J connectivity index is 1.94. The van der Waals surface area contributed by atoms with Crippen molar-refractivity contribution in [1.82, 2.24) is 4.72 Å². The molecule has 0 unspecified atom stereocenters. The molecule has 1 aliphatic carbocycles. The van der Waals surface area contributed by atoms with E-state index < -0.39 is 15.8 Å². The molecular formula is C13H19FN2O4S. The van der Waals surface area contributed by atoms with Crippen LogP contribution in [-0.4, -0.2) is 35.3 Å². The Morgan fingerprint density at radius 3 is 2.71 bits per heavy atom. The highest BCUT2D eigenvalue weighted by Gasteiger charge is 2.21. The molecule has 118 valence electrons. The SMILES string of the molecule is COc1c(N)cc(S(=O)(=O)NCCOCC2CC2)cc1F. The molecule has 1 aliphatic rings. The number of hydrogen-bond donors (Lipinski definition) is 2. The van der Waals surface area contributed by atoms with Gasteiger partial charge in [0.25, 0.3) is 0 Å². The fraction of sp³-hybridized carbons (Fsp3) is 0.538. The number of methoxy groups -OCH3 is 1. The Bertz CT molecular complexity index is 579. The van der Waals surface area contributed by atoms with E-state index in [9.17, 15) is 12.8 Å². The van der Waals surface area contributed by atoms with E-state index in [4.69, 9.17) is 15.2 Å². The van der Waals surface area contributed by atoms with E-state index in [-0.39, 0.29) is 29.5 Å². The number of halogens is 1. The summed E-state index contributed by atoms with van der Waals surface area (Å²) in [5.74, 6) is -0.360. The molecule has 0 heterocycles. The Morgan fingerprint density at radius 2 is 2.14 bits per heavy atom. The van der Waals surface area contributed by atoms with Gasteiger partial charge in [0.1, 0.15) is 0 Å². The summed E-state index contributed by atoms with van der Waals surface area (Å²) >= 11 is 0. The van der Waals surface area contributed by atoms with E-state index in [0.717, 1.165) is 12.1 Å². The molecule has 21 heavy (non-hydrogen) atoms. The number of sulfonamides is 1. The van der Waals surface area contributed by atoms with Gasteiger partial charge in [-0.3, -0.25) is 0 Å². The first kappa shape index (κ1) is 16.0. The third-order valence-corrected chi connectivity index (χ3v) is 4.59. The molecule has 6 nitrogen and oxygen atoms in total. The van der Waals surface area contributed by atoms with Crippen molar-refractivity contribution < 1.29 is 22.3 Å². The second-order valence-corrected chi connectivity index (χ2v) is 6.71. The quantitative estimate of drug-likeness (QED) is 0.554. The maximum Gasteiger partial charge on any atom is 0.240 e. The molecule has 0 bridgehead atoms. The summed E-state index contributed by atoms with van der Waals surface area (Å²) in [7, 11) is -2.56. The highest BCUT2D eigenvalue weighted by molar-refractivity contribution is 7.89. The van der Waals surface area contributed by atoms with E-state index in [0.29, 0.717) is 12.5 Å². The van der Waals surface area contributed by atoms with Gasteiger partial charge in [0, 0.05) is 13.2 Å². The third kappa shape index (κ3) is 4.29. The summed E-state index contributed by atoms with van der Waals surface area (Å²) in [6.07, 6.45) is 2.35. The molecule has 0 saturated heterocycles. The molecule has 3 N–H and O–H groups in total. The molecule has 0 atom stereocenters.